The van der Waals surface area contributed by atoms with Crippen molar-refractivity contribution < 1.29 is 70.0 Å². The second-order valence-corrected chi connectivity index (χ2v) is 40.1. The Bertz CT molecular complexity index is 6720. The predicted molar refractivity (Wildman–Crippen MR) is 581 cm³/mol. The molecule has 3 N–H and O–H groups in total. The Labute approximate surface area is 870 Å². The number of para-hydroxylation sites is 7. The number of methoxy groups -OCH3 is 4. The summed E-state index contributed by atoms with van der Waals surface area (Å²) in [6, 6.07) is 76.7. The quantitative estimate of drug-likeness (QED) is 0.0332. The molecule has 3 amide bonds. The summed E-state index contributed by atoms with van der Waals surface area (Å²) in [6.45, 7) is 22.9. The summed E-state index contributed by atoms with van der Waals surface area (Å²) in [4.78, 5) is 88.8. The number of nitrogens with zero attached hydrogens (tertiary/aromatic N) is 9. The highest BCUT2D eigenvalue weighted by molar-refractivity contribution is 7.22. The molecule has 10 aromatic carbocycles. The molecule has 5 aliphatic heterocycles. The van der Waals surface area contributed by atoms with Gasteiger partial charge in [0.1, 0.15) is 47.8 Å². The number of fused-ring (bicyclic) bond motifs is 5. The van der Waals surface area contributed by atoms with Crippen LogP contribution in [0.1, 0.15) is 153 Å². The molecule has 0 saturated carbocycles. The lowest BCUT2D eigenvalue weighted by Gasteiger charge is -2.35. The highest BCUT2D eigenvalue weighted by atomic mass is 32.1. The van der Waals surface area contributed by atoms with Crippen LogP contribution in [0, 0.1) is 57.2 Å². The summed E-state index contributed by atoms with van der Waals surface area (Å²) in [5.41, 5.74) is 15.9. The van der Waals surface area contributed by atoms with Crippen molar-refractivity contribution in [3.63, 3.8) is 0 Å². The van der Waals surface area contributed by atoms with Crippen molar-refractivity contribution in [3.8, 4) is 34.5 Å². The zero-order chi connectivity index (χ0) is 104. The van der Waals surface area contributed by atoms with Crippen LogP contribution in [-0.2, 0) is 49.5 Å². The van der Waals surface area contributed by atoms with Crippen LogP contribution in [0.5, 0.6) is 34.5 Å². The number of ketones is 2. The summed E-state index contributed by atoms with van der Waals surface area (Å²) >= 11 is 1.74. The van der Waals surface area contributed by atoms with E-state index in [1.165, 1.54) is 53.5 Å². The van der Waals surface area contributed by atoms with Crippen molar-refractivity contribution in [1.82, 2.24) is 34.2 Å². The molecule has 5 atom stereocenters. The fourth-order valence-electron chi connectivity index (χ4n) is 20.4. The van der Waals surface area contributed by atoms with Crippen LogP contribution < -0.4 is 54.2 Å². The van der Waals surface area contributed by atoms with Gasteiger partial charge in [-0.3, -0.25) is 33.4 Å². The smallest absolute Gasteiger partial charge is 0.417 e. The molecule has 28 heteroatoms. The lowest BCUT2D eigenvalue weighted by Crippen LogP contribution is -2.43. The van der Waals surface area contributed by atoms with E-state index in [0.29, 0.717) is 60.7 Å². The highest BCUT2D eigenvalue weighted by Crippen LogP contribution is 2.42. The number of aryl methyl sites for hydroxylation is 4. The van der Waals surface area contributed by atoms with Crippen molar-refractivity contribution >= 4 is 96.2 Å². The van der Waals surface area contributed by atoms with E-state index in [1.807, 2.05) is 209 Å². The summed E-state index contributed by atoms with van der Waals surface area (Å²) in [6.07, 6.45) is 11.3. The summed E-state index contributed by atoms with van der Waals surface area (Å²) in [5.74, 6) is 7.01. The van der Waals surface area contributed by atoms with Crippen LogP contribution >= 0.6 is 11.3 Å². The van der Waals surface area contributed by atoms with E-state index in [9.17, 15) is 41.5 Å². The number of carbonyl (C=O) groups excluding carboxylic acids is 5. The Morgan fingerprint density at radius 2 is 1.16 bits per heavy atom. The Morgan fingerprint density at radius 1 is 0.554 bits per heavy atom. The SMILES string of the molecule is CCN(CC1CCCN(CCc2ccccc2OC)C1)C(=O)C1=Cc2ccccc2C1.COc1cc(C)cc(NC(=O)CCC2CCCN(Cc3ccc(F)c(OC)c3)C2)c1.COc1ccc(C2C(C(=O)Nc3ccccc3C)=C(C)Nc3nc4ccccc4n32)cc1.Cc1ccccc1OCC(=O)CC1CCCN(c2ccc(C(F)(F)F)cn2)C1.Cc1ccccc1OCC(=O)CC1CCCN(c2nc3ccccc3s2)C1. The van der Waals surface area contributed by atoms with Gasteiger partial charge in [-0.15, -0.1) is 0 Å². The summed E-state index contributed by atoms with van der Waals surface area (Å²) in [5, 5.41) is 10.5. The minimum absolute atomic E-state index is 0.0236. The lowest BCUT2D eigenvalue weighted by atomic mass is 9.93. The van der Waals surface area contributed by atoms with Crippen LogP contribution in [0.2, 0.25) is 0 Å². The number of imidazole rings is 1. The molecule has 4 fully saturated rings. The number of benzene rings is 10. The number of aromatic nitrogens is 4. The number of Topliss-reactive ketones (excluding diaryl/α,β-unsaturated/α-hetero) is 2. The number of ether oxygens (including phenoxy) is 6. The number of likely N-dealkylation sites (N-methyl/N-ethyl adjacent to an activating group) is 1. The van der Waals surface area contributed by atoms with Gasteiger partial charge in [-0.05, 0) is 296 Å². The number of carbonyl (C=O) groups is 5. The predicted octanol–water partition coefficient (Wildman–Crippen LogP) is 24.0. The summed E-state index contributed by atoms with van der Waals surface area (Å²) in [7, 11) is 6.49. The number of nitrogens with one attached hydrogen (secondary N) is 3. The number of hydrogen-bond acceptors (Lipinski definition) is 20. The molecule has 148 heavy (non-hydrogen) atoms. The average Bonchev–Trinajstić information content (AvgIpc) is 1.57. The molecule has 13 aromatic rings. The molecule has 0 radical (unpaired) electrons. The third-order valence-corrected chi connectivity index (χ3v) is 29.2. The number of hydrogen-bond donors (Lipinski definition) is 3. The van der Waals surface area contributed by atoms with Crippen LogP contribution in [-0.4, -0.2) is 177 Å². The fourth-order valence-corrected chi connectivity index (χ4v) is 21.4. The number of rotatable bonds is 32. The first kappa shape index (κ1) is 108. The van der Waals surface area contributed by atoms with Crippen LogP contribution in [0.4, 0.5) is 45.8 Å². The van der Waals surface area contributed by atoms with E-state index in [0.717, 1.165) is 249 Å². The van der Waals surface area contributed by atoms with Crippen molar-refractivity contribution in [2.45, 2.75) is 150 Å². The molecule has 5 unspecified atom stereocenters. The number of halogens is 4. The lowest BCUT2D eigenvalue weighted by molar-refractivity contribution is -0.138. The van der Waals surface area contributed by atoms with Crippen LogP contribution in [0.15, 0.2) is 266 Å². The molecule has 0 spiro atoms. The maximum atomic E-state index is 13.6. The van der Waals surface area contributed by atoms with Gasteiger partial charge < -0.3 is 64.0 Å². The topological polar surface area (TPSA) is 237 Å². The van der Waals surface area contributed by atoms with E-state index in [-0.39, 0.29) is 66.0 Å². The van der Waals surface area contributed by atoms with Gasteiger partial charge in [0.25, 0.3) is 5.91 Å². The molecule has 19 rings (SSSR count). The average molecular weight is 2030 g/mol. The zero-order valence-corrected chi connectivity index (χ0v) is 87.2. The van der Waals surface area contributed by atoms with Gasteiger partial charge in [0.05, 0.1) is 66.9 Å². The molecule has 776 valence electrons. The molecule has 0 bridgehead atoms. The van der Waals surface area contributed by atoms with Gasteiger partial charge in [0.15, 0.2) is 28.3 Å². The van der Waals surface area contributed by atoms with Crippen LogP contribution in [0.3, 0.4) is 0 Å². The van der Waals surface area contributed by atoms with E-state index in [2.05, 4.69) is 107 Å². The Kier molecular flexibility index (Phi) is 38.2. The second-order valence-electron chi connectivity index (χ2n) is 39.1. The van der Waals surface area contributed by atoms with E-state index >= 15 is 0 Å². The molecule has 8 heterocycles. The van der Waals surface area contributed by atoms with Gasteiger partial charge in [-0.2, -0.15) is 13.2 Å². The maximum absolute atomic E-state index is 13.6. The summed E-state index contributed by atoms with van der Waals surface area (Å²) < 4.78 is 87.5. The standard InChI is InChI=1S/C27H34N2O2.C26H24N4O2.C24H31FN2O3.C22H24N2O2S.C21H23F3N2O2/c1-3-29(27(30)25-17-23-11-4-5-12-24(23)18-25)20-21-9-8-15-28(19-21)16-14-22-10-6-7-13-26(22)31-2;1-16-8-4-5-9-20(16)28-25(31)23-17(2)27-26-29-21-10-6-7-11-22(21)30(26)24(23)18-12-14-19(32-3)15-13-18;1-17-11-20(14-21(12-17)29-2)26-24(28)9-7-18-5-4-10-27(15-18)16-19-6-8-22(25)23(13-19)30-3;1-16-7-2-4-10-20(16)26-15-18(25)13-17-8-6-12-24(14-17)22-23-19-9-3-5-11-21(19)27-22;1-15-5-2-3-7-19(15)28-14-18(27)11-16-6-4-10-26(13-16)20-9-8-17(12-25-20)21(22,23)24/h4-7,10-13,17,21H,3,8-9,14-16,18-20H2,1-2H3;4-15,24H,1-3H3,(H,27,29)(H,28,31);6,8,11-14,18H,4-5,7,9-10,15-16H2,1-3H3,(H,26,28);2-5,7,9-11,17H,6,8,12-15H2,1H3;2-3,5,7-9,12,16H,4,6,10-11,13-14H2,1H3. The molecular weight excluding hydrogens is 1890 g/mol. The fraction of sp³-hybridized carbons (Fsp3) is 0.367. The van der Waals surface area contributed by atoms with Crippen molar-refractivity contribution in [1.29, 1.82) is 0 Å². The van der Waals surface area contributed by atoms with Crippen molar-refractivity contribution in [3.05, 3.63) is 327 Å². The van der Waals surface area contributed by atoms with Gasteiger partial charge >= 0.3 is 6.18 Å². The molecule has 3 aromatic heterocycles. The minimum Gasteiger partial charge on any atom is -0.497 e. The number of likely N-dealkylation sites (tertiary alicyclic amines) is 2. The molecule has 1 aliphatic carbocycles. The molecule has 23 nitrogen and oxygen atoms in total. The number of thiazole rings is 1. The Hall–Kier alpha value is -14.2. The Balaban J connectivity index is 0.000000139. The largest absolute Gasteiger partial charge is 0.497 e. The third-order valence-electron chi connectivity index (χ3n) is 28.1. The monoisotopic (exact) mass is 2030 g/mol. The van der Waals surface area contributed by atoms with E-state index in [1.54, 1.807) is 38.7 Å². The van der Waals surface area contributed by atoms with Crippen molar-refractivity contribution in [2.24, 2.45) is 23.7 Å². The number of amides is 3. The first-order valence-electron chi connectivity index (χ1n) is 51.4. The van der Waals surface area contributed by atoms with E-state index in [4.69, 9.17) is 38.4 Å². The normalized spacial score (nSPS) is 17.0. The number of anilines is 5. The highest BCUT2D eigenvalue weighted by Gasteiger charge is 2.37. The Morgan fingerprint density at radius 3 is 1.82 bits per heavy atom. The number of alkyl halides is 3. The second kappa shape index (κ2) is 52.4. The molecular formula is C120H136F4N12O11S. The third kappa shape index (κ3) is 29.6. The van der Waals surface area contributed by atoms with Gasteiger partial charge in [-0.25, -0.2) is 19.3 Å². The molecule has 6 aliphatic rings. The first-order valence-corrected chi connectivity index (χ1v) is 52.2. The van der Waals surface area contributed by atoms with Crippen molar-refractivity contribution in [2.75, 3.05) is 139 Å². The van der Waals surface area contributed by atoms with Gasteiger partial charge in [0.2, 0.25) is 17.8 Å². The number of allylic oxidation sites excluding steroid dienone is 1. The minimum atomic E-state index is -4.39. The van der Waals surface area contributed by atoms with Gasteiger partial charge in [-0.1, -0.05) is 151 Å². The number of pyridine rings is 1. The first-order chi connectivity index (χ1) is 71.7. The van der Waals surface area contributed by atoms with Gasteiger partial charge in [0, 0.05) is 126 Å². The van der Waals surface area contributed by atoms with E-state index < -0.39 is 11.7 Å². The van der Waals surface area contributed by atoms with Crippen LogP contribution in [0.25, 0.3) is 27.3 Å². The maximum Gasteiger partial charge on any atom is 0.417 e. The number of piperidine rings is 4. The zero-order valence-electron chi connectivity index (χ0n) is 86.4. The molecule has 4 saturated heterocycles.